The van der Waals surface area contributed by atoms with Crippen LogP contribution in [0.3, 0.4) is 0 Å². The van der Waals surface area contributed by atoms with Gasteiger partial charge in [-0.25, -0.2) is 0 Å². The molecule has 1 aliphatic rings. The SMILES string of the molecule is COc1ccc2c(c1)CCN(C(=O)c1cc(OC)no1)C2. The van der Waals surface area contributed by atoms with Crippen molar-refractivity contribution in [3.05, 3.63) is 41.2 Å². The van der Waals surface area contributed by atoms with Crippen LogP contribution in [-0.2, 0) is 13.0 Å². The molecule has 0 radical (unpaired) electrons. The number of benzene rings is 1. The molecule has 6 nitrogen and oxygen atoms in total. The lowest BCUT2D eigenvalue weighted by atomic mass is 9.99. The van der Waals surface area contributed by atoms with E-state index in [9.17, 15) is 4.79 Å². The first kappa shape index (κ1) is 13.5. The van der Waals surface area contributed by atoms with Gasteiger partial charge in [0.2, 0.25) is 5.76 Å². The Morgan fingerprint density at radius 1 is 1.24 bits per heavy atom. The summed E-state index contributed by atoms with van der Waals surface area (Å²) in [4.78, 5) is 14.1. The van der Waals surface area contributed by atoms with Crippen LogP contribution in [0.2, 0.25) is 0 Å². The maximum absolute atomic E-state index is 12.4. The van der Waals surface area contributed by atoms with E-state index >= 15 is 0 Å². The number of ether oxygens (including phenoxy) is 2. The van der Waals surface area contributed by atoms with E-state index in [2.05, 4.69) is 5.16 Å². The van der Waals surface area contributed by atoms with Crippen molar-refractivity contribution in [3.63, 3.8) is 0 Å². The number of hydrogen-bond acceptors (Lipinski definition) is 5. The summed E-state index contributed by atoms with van der Waals surface area (Å²) in [6, 6.07) is 7.43. The average Bonchev–Trinajstić information content (AvgIpc) is 3.02. The molecular formula is C15H16N2O4. The van der Waals surface area contributed by atoms with Crippen molar-refractivity contribution >= 4 is 5.91 Å². The normalized spacial score (nSPS) is 13.7. The Morgan fingerprint density at radius 3 is 2.81 bits per heavy atom. The maximum atomic E-state index is 12.4. The Labute approximate surface area is 122 Å². The molecule has 0 saturated carbocycles. The summed E-state index contributed by atoms with van der Waals surface area (Å²) < 4.78 is 15.2. The first-order chi connectivity index (χ1) is 10.2. The fourth-order valence-corrected chi connectivity index (χ4v) is 2.44. The number of aromatic nitrogens is 1. The predicted molar refractivity (Wildman–Crippen MR) is 74.5 cm³/mol. The molecule has 0 spiro atoms. The topological polar surface area (TPSA) is 64.8 Å². The molecule has 3 rings (SSSR count). The zero-order valence-electron chi connectivity index (χ0n) is 12.0. The van der Waals surface area contributed by atoms with E-state index in [1.54, 1.807) is 12.0 Å². The first-order valence-electron chi connectivity index (χ1n) is 6.67. The molecule has 110 valence electrons. The molecule has 0 fully saturated rings. The van der Waals surface area contributed by atoms with E-state index in [1.807, 2.05) is 18.2 Å². The van der Waals surface area contributed by atoms with Crippen molar-refractivity contribution in [1.82, 2.24) is 10.1 Å². The van der Waals surface area contributed by atoms with E-state index in [4.69, 9.17) is 14.0 Å². The second-order valence-electron chi connectivity index (χ2n) is 4.84. The van der Waals surface area contributed by atoms with Crippen molar-refractivity contribution in [2.24, 2.45) is 0 Å². The monoisotopic (exact) mass is 288 g/mol. The van der Waals surface area contributed by atoms with Gasteiger partial charge in [0.05, 0.1) is 20.3 Å². The Hall–Kier alpha value is -2.50. The Balaban J connectivity index is 1.77. The maximum Gasteiger partial charge on any atom is 0.292 e. The van der Waals surface area contributed by atoms with Gasteiger partial charge >= 0.3 is 0 Å². The minimum absolute atomic E-state index is 0.174. The highest BCUT2D eigenvalue weighted by Gasteiger charge is 2.25. The Morgan fingerprint density at radius 2 is 2.10 bits per heavy atom. The summed E-state index contributed by atoms with van der Waals surface area (Å²) in [5, 5.41) is 3.66. The van der Waals surface area contributed by atoms with Crippen LogP contribution in [0.25, 0.3) is 0 Å². The highest BCUT2D eigenvalue weighted by Crippen LogP contribution is 2.25. The molecule has 0 saturated heterocycles. The van der Waals surface area contributed by atoms with Crippen LogP contribution in [0.1, 0.15) is 21.7 Å². The van der Waals surface area contributed by atoms with Crippen molar-refractivity contribution in [1.29, 1.82) is 0 Å². The smallest absolute Gasteiger partial charge is 0.292 e. The third-order valence-corrected chi connectivity index (χ3v) is 3.62. The van der Waals surface area contributed by atoms with Crippen LogP contribution in [0, 0.1) is 0 Å². The van der Waals surface area contributed by atoms with Gasteiger partial charge in [-0.15, -0.1) is 0 Å². The average molecular weight is 288 g/mol. The lowest BCUT2D eigenvalue weighted by molar-refractivity contribution is 0.0692. The quantitative estimate of drug-likeness (QED) is 0.863. The van der Waals surface area contributed by atoms with E-state index in [-0.39, 0.29) is 11.7 Å². The van der Waals surface area contributed by atoms with E-state index in [0.717, 1.165) is 17.7 Å². The van der Waals surface area contributed by atoms with Gasteiger partial charge in [-0.2, -0.15) is 0 Å². The van der Waals surface area contributed by atoms with E-state index in [1.165, 1.54) is 18.7 Å². The molecule has 2 aromatic rings. The fraction of sp³-hybridized carbons (Fsp3) is 0.333. The minimum atomic E-state index is -0.174. The third-order valence-electron chi connectivity index (χ3n) is 3.62. The minimum Gasteiger partial charge on any atom is -0.497 e. The molecule has 0 atom stereocenters. The van der Waals surface area contributed by atoms with Crippen LogP contribution < -0.4 is 9.47 Å². The number of carbonyl (C=O) groups excluding carboxylic acids is 1. The van der Waals surface area contributed by atoms with Gasteiger partial charge in [-0.3, -0.25) is 4.79 Å². The summed E-state index contributed by atoms with van der Waals surface area (Å²) in [5.74, 6) is 1.17. The molecule has 0 unspecified atom stereocenters. The van der Waals surface area contributed by atoms with Crippen molar-refractivity contribution in [3.8, 4) is 11.6 Å². The third kappa shape index (κ3) is 2.56. The molecule has 21 heavy (non-hydrogen) atoms. The molecule has 0 N–H and O–H groups in total. The standard InChI is InChI=1S/C15H16N2O4/c1-19-12-4-3-11-9-17(6-5-10(11)7-12)15(18)13-8-14(20-2)16-21-13/h3-4,7-8H,5-6,9H2,1-2H3. The number of methoxy groups -OCH3 is 2. The number of hydrogen-bond donors (Lipinski definition) is 0. The van der Waals surface area contributed by atoms with Crippen molar-refractivity contribution < 1.29 is 18.8 Å². The highest BCUT2D eigenvalue weighted by atomic mass is 16.5. The lowest BCUT2D eigenvalue weighted by Gasteiger charge is -2.28. The number of nitrogens with zero attached hydrogens (tertiary/aromatic N) is 2. The summed E-state index contributed by atoms with van der Waals surface area (Å²) >= 11 is 0. The first-order valence-corrected chi connectivity index (χ1v) is 6.67. The zero-order valence-corrected chi connectivity index (χ0v) is 12.0. The number of amides is 1. The summed E-state index contributed by atoms with van der Waals surface area (Å²) in [6.45, 7) is 1.20. The molecule has 0 bridgehead atoms. The van der Waals surface area contributed by atoms with E-state index in [0.29, 0.717) is 19.0 Å². The summed E-state index contributed by atoms with van der Waals surface area (Å²) in [6.07, 6.45) is 0.795. The van der Waals surface area contributed by atoms with Gasteiger partial charge in [-0.1, -0.05) is 6.07 Å². The molecule has 0 aliphatic carbocycles. The van der Waals surface area contributed by atoms with Crippen LogP contribution in [0.15, 0.2) is 28.8 Å². The van der Waals surface area contributed by atoms with Crippen molar-refractivity contribution in [2.75, 3.05) is 20.8 Å². The molecule has 1 aromatic heterocycles. The summed E-state index contributed by atoms with van der Waals surface area (Å²) in [7, 11) is 3.13. The van der Waals surface area contributed by atoms with Gasteiger partial charge < -0.3 is 18.9 Å². The lowest BCUT2D eigenvalue weighted by Crippen LogP contribution is -2.35. The molecule has 1 amide bonds. The second-order valence-corrected chi connectivity index (χ2v) is 4.84. The molecule has 6 heteroatoms. The fourth-order valence-electron chi connectivity index (χ4n) is 2.44. The highest BCUT2D eigenvalue weighted by molar-refractivity contribution is 5.91. The van der Waals surface area contributed by atoms with Crippen LogP contribution in [0.5, 0.6) is 11.6 Å². The molecule has 1 aliphatic heterocycles. The summed E-state index contributed by atoms with van der Waals surface area (Å²) in [5.41, 5.74) is 2.34. The molecule has 2 heterocycles. The van der Waals surface area contributed by atoms with Gasteiger partial charge in [0.15, 0.2) is 0 Å². The van der Waals surface area contributed by atoms with Crippen molar-refractivity contribution in [2.45, 2.75) is 13.0 Å². The molecular weight excluding hydrogens is 272 g/mol. The predicted octanol–water partition coefficient (Wildman–Crippen LogP) is 1.89. The Kier molecular flexibility index (Phi) is 3.51. The van der Waals surface area contributed by atoms with Gasteiger partial charge in [0, 0.05) is 13.1 Å². The van der Waals surface area contributed by atoms with E-state index < -0.39 is 0 Å². The largest absolute Gasteiger partial charge is 0.497 e. The van der Waals surface area contributed by atoms with Crippen LogP contribution in [-0.4, -0.2) is 36.7 Å². The zero-order chi connectivity index (χ0) is 14.8. The van der Waals surface area contributed by atoms with Gasteiger partial charge in [-0.05, 0) is 34.8 Å². The Bertz CT molecular complexity index is 665. The second kappa shape index (κ2) is 5.47. The van der Waals surface area contributed by atoms with Crippen LogP contribution in [0.4, 0.5) is 0 Å². The van der Waals surface area contributed by atoms with Gasteiger partial charge in [0.25, 0.3) is 11.8 Å². The number of rotatable bonds is 3. The number of fused-ring (bicyclic) bond motifs is 1. The molecule has 1 aromatic carbocycles. The number of carbonyl (C=O) groups is 1. The van der Waals surface area contributed by atoms with Crippen LogP contribution >= 0.6 is 0 Å². The van der Waals surface area contributed by atoms with Gasteiger partial charge in [0.1, 0.15) is 5.75 Å².